The van der Waals surface area contributed by atoms with Crippen LogP contribution in [-0.4, -0.2) is 105 Å². The first kappa shape index (κ1) is 35.3. The number of hydrogen-bond donors (Lipinski definition) is 5. The van der Waals surface area contributed by atoms with Gasteiger partial charge in [-0.2, -0.15) is 0 Å². The number of hydrogen-bond acceptors (Lipinski definition) is 12. The van der Waals surface area contributed by atoms with Crippen LogP contribution in [0.1, 0.15) is 59.1 Å². The van der Waals surface area contributed by atoms with Crippen LogP contribution in [0.3, 0.4) is 0 Å². The molecule has 1 unspecified atom stereocenters. The standard InChI is InChI=1S/C37H41N3O11S2/c41-18-27-33(42)34(43)30(37(44)50-27)38-52(45,46)28-17-21(53(47,48)49)9-10-22(28)29-25-15-19-5-1-11-39-13-3-7-23(31(19)39)35(25)51-36-24-8-4-14-40-12-2-6-20(32(24)40)16-26(29)36/h9-10,15-17,27,30,33-34,37-38,41-44H,1-8,11-14,18H2/t27-,30-,33-,34-,37?/m0/s1. The molecule has 282 valence electrons. The van der Waals surface area contributed by atoms with E-state index >= 15 is 0 Å². The monoisotopic (exact) mass is 767 g/mol. The highest BCUT2D eigenvalue weighted by Gasteiger charge is 2.46. The van der Waals surface area contributed by atoms with E-state index in [0.717, 1.165) is 123 Å². The molecule has 9 rings (SSSR count). The van der Waals surface area contributed by atoms with Crippen molar-refractivity contribution in [2.24, 2.45) is 0 Å². The highest BCUT2D eigenvalue weighted by molar-refractivity contribution is 7.89. The summed E-state index contributed by atoms with van der Waals surface area (Å²) in [6.07, 6.45) is -0.204. The molecule has 0 saturated carbocycles. The first-order valence-electron chi connectivity index (χ1n) is 18.2. The molecule has 0 amide bonds. The normalized spacial score (nSPS) is 26.3. The highest BCUT2D eigenvalue weighted by atomic mass is 32.2. The first-order chi connectivity index (χ1) is 25.4. The van der Waals surface area contributed by atoms with Crippen LogP contribution in [0.2, 0.25) is 0 Å². The van der Waals surface area contributed by atoms with E-state index < -0.39 is 67.2 Å². The predicted molar refractivity (Wildman–Crippen MR) is 189 cm³/mol. The number of anilines is 1. The molecule has 53 heavy (non-hydrogen) atoms. The van der Waals surface area contributed by atoms with Gasteiger partial charge in [-0.05, 0) is 68.4 Å². The molecule has 6 heterocycles. The molecule has 6 aliphatic rings. The Morgan fingerprint density at radius 2 is 1.57 bits per heavy atom. The molecule has 5 N–H and O–H groups in total. The summed E-state index contributed by atoms with van der Waals surface area (Å²) in [5.41, 5.74) is 6.71. The lowest BCUT2D eigenvalue weighted by molar-refractivity contribution is -0.251. The summed E-state index contributed by atoms with van der Waals surface area (Å²) in [5.74, 6) is 1.26. The van der Waals surface area contributed by atoms with Crippen LogP contribution < -0.4 is 29.5 Å². The fraction of sp³-hybridized carbons (Fsp3) is 0.486. The van der Waals surface area contributed by atoms with Crippen LogP contribution in [0.25, 0.3) is 5.57 Å². The fourth-order valence-electron chi connectivity index (χ4n) is 9.36. The highest BCUT2D eigenvalue weighted by Crippen LogP contribution is 2.49. The van der Waals surface area contributed by atoms with Gasteiger partial charge < -0.3 is 39.4 Å². The summed E-state index contributed by atoms with van der Waals surface area (Å²) in [6.45, 7) is 2.95. The third kappa shape index (κ3) is 5.64. The average Bonchev–Trinajstić information content (AvgIpc) is 3.14. The molecule has 1 fully saturated rings. The maximum atomic E-state index is 14.6. The lowest BCUT2D eigenvalue weighted by Gasteiger charge is -2.40. The SMILES string of the molecule is O=S(=O)([O-])c1ccc(C2=c3cc4c5c(c3Oc3c2cc2c6c3CCCN6CCC2)CCC[N+]=5CCC4)c(S(=O)(=O)N[C@@H]2C(O)O[C@@H](CO)[C@H](O)[C@H]2O)c1. The van der Waals surface area contributed by atoms with Gasteiger partial charge in [0.05, 0.1) is 22.0 Å². The third-order valence-corrected chi connectivity index (χ3v) is 14.0. The maximum absolute atomic E-state index is 14.6. The molecule has 14 nitrogen and oxygen atoms in total. The zero-order chi connectivity index (χ0) is 37.0. The summed E-state index contributed by atoms with van der Waals surface area (Å²) in [5, 5.41) is 43.5. The van der Waals surface area contributed by atoms with Crippen LogP contribution in [0.5, 0.6) is 11.5 Å². The van der Waals surface area contributed by atoms with Crippen molar-refractivity contribution in [3.63, 3.8) is 0 Å². The van der Waals surface area contributed by atoms with Gasteiger partial charge in [0, 0.05) is 64.7 Å². The molecule has 0 aromatic heterocycles. The van der Waals surface area contributed by atoms with Crippen LogP contribution >= 0.6 is 0 Å². The molecule has 5 atom stereocenters. The van der Waals surface area contributed by atoms with Crippen LogP contribution in [0.4, 0.5) is 5.69 Å². The van der Waals surface area contributed by atoms with E-state index in [1.807, 2.05) is 0 Å². The number of aryl methyl sites for hydroxylation is 2. The van der Waals surface area contributed by atoms with Gasteiger partial charge in [-0.15, -0.1) is 0 Å². The lowest BCUT2D eigenvalue weighted by Crippen LogP contribution is -2.64. The fourth-order valence-corrected chi connectivity index (χ4v) is 11.4. The van der Waals surface area contributed by atoms with E-state index in [1.54, 1.807) is 0 Å². The van der Waals surface area contributed by atoms with E-state index in [2.05, 4.69) is 26.3 Å². The van der Waals surface area contributed by atoms with Gasteiger partial charge in [-0.25, -0.2) is 26.1 Å². The molecule has 0 bridgehead atoms. The van der Waals surface area contributed by atoms with E-state index in [-0.39, 0.29) is 5.56 Å². The Bertz CT molecular complexity index is 2410. The number of fused-ring (bicyclic) bond motifs is 4. The molecule has 3 aromatic rings. The molecular weight excluding hydrogens is 727 g/mol. The van der Waals surface area contributed by atoms with Crippen LogP contribution in [-0.2, 0) is 50.6 Å². The van der Waals surface area contributed by atoms with Crippen LogP contribution in [0, 0.1) is 0 Å². The molecule has 6 aliphatic heterocycles. The second-order valence-electron chi connectivity index (χ2n) is 14.8. The van der Waals surface area contributed by atoms with E-state index in [9.17, 15) is 41.8 Å². The molecular formula is C37H41N3O11S2. The minimum absolute atomic E-state index is 0.0939. The number of ether oxygens (including phenoxy) is 2. The van der Waals surface area contributed by atoms with Crippen molar-refractivity contribution in [3.8, 4) is 11.5 Å². The number of rotatable bonds is 6. The van der Waals surface area contributed by atoms with Gasteiger partial charge in [0.15, 0.2) is 6.29 Å². The lowest BCUT2D eigenvalue weighted by atomic mass is 9.82. The van der Waals surface area contributed by atoms with Crippen LogP contribution in [0.15, 0.2) is 40.1 Å². The zero-order valence-electron chi connectivity index (χ0n) is 28.8. The quantitative estimate of drug-likeness (QED) is 0.120. The molecule has 3 aromatic carbocycles. The summed E-state index contributed by atoms with van der Waals surface area (Å²) in [4.78, 5) is 1.02. The van der Waals surface area contributed by atoms with Gasteiger partial charge in [-0.3, -0.25) is 0 Å². The topological polar surface area (TPSA) is 209 Å². The smallest absolute Gasteiger partial charge is 0.241 e. The largest absolute Gasteiger partial charge is 0.744 e. The van der Waals surface area contributed by atoms with Gasteiger partial charge in [-0.1, -0.05) is 6.07 Å². The van der Waals surface area contributed by atoms with E-state index in [4.69, 9.17) is 9.47 Å². The summed E-state index contributed by atoms with van der Waals surface area (Å²) in [6, 6.07) is 5.50. The summed E-state index contributed by atoms with van der Waals surface area (Å²) < 4.78 is 83.2. The number of nitrogens with one attached hydrogen (secondary N) is 1. The Morgan fingerprint density at radius 1 is 0.849 bits per heavy atom. The number of sulfonamides is 1. The zero-order valence-corrected chi connectivity index (χ0v) is 30.5. The van der Waals surface area contributed by atoms with Crippen molar-refractivity contribution in [3.05, 3.63) is 74.3 Å². The third-order valence-electron chi connectivity index (χ3n) is 11.7. The second kappa shape index (κ2) is 12.8. The maximum Gasteiger partial charge on any atom is 0.241 e. The minimum Gasteiger partial charge on any atom is -0.744 e. The number of aliphatic hydroxyl groups is 4. The average molecular weight is 768 g/mol. The molecule has 16 heteroatoms. The number of nitrogens with zero attached hydrogens (tertiary/aromatic N) is 2. The Labute approximate surface area is 306 Å². The van der Waals surface area contributed by atoms with E-state index in [0.29, 0.717) is 27.9 Å². The summed E-state index contributed by atoms with van der Waals surface area (Å²) >= 11 is 0. The Morgan fingerprint density at radius 3 is 2.32 bits per heavy atom. The van der Waals surface area contributed by atoms with Crippen molar-refractivity contribution in [1.29, 1.82) is 0 Å². The first-order valence-corrected chi connectivity index (χ1v) is 21.1. The van der Waals surface area contributed by atoms with Crippen molar-refractivity contribution >= 4 is 31.4 Å². The molecule has 0 radical (unpaired) electrons. The van der Waals surface area contributed by atoms with Crippen molar-refractivity contribution < 1.29 is 51.3 Å². The number of benzene rings is 3. The summed E-state index contributed by atoms with van der Waals surface area (Å²) in [7, 11) is -10.1. The van der Waals surface area contributed by atoms with Crippen molar-refractivity contribution in [2.75, 3.05) is 37.7 Å². The van der Waals surface area contributed by atoms with Crippen molar-refractivity contribution in [1.82, 2.24) is 9.30 Å². The molecule has 0 spiro atoms. The molecule has 0 aliphatic carbocycles. The molecule has 1 saturated heterocycles. The Hall–Kier alpha value is -3.45. The van der Waals surface area contributed by atoms with Gasteiger partial charge in [0.25, 0.3) is 0 Å². The number of aliphatic hydroxyl groups excluding tert-OH is 4. The van der Waals surface area contributed by atoms with Crippen molar-refractivity contribution in [2.45, 2.75) is 91.8 Å². The Balaban J connectivity index is 1.34. The predicted octanol–water partition coefficient (Wildman–Crippen LogP) is -0.896. The Kier molecular flexibility index (Phi) is 8.53. The second-order valence-corrected chi connectivity index (χ2v) is 17.9. The van der Waals surface area contributed by atoms with Gasteiger partial charge >= 0.3 is 0 Å². The van der Waals surface area contributed by atoms with Gasteiger partial charge in [0.2, 0.25) is 15.4 Å². The minimum atomic E-state index is -5.15. The van der Waals surface area contributed by atoms with E-state index in [1.165, 1.54) is 6.07 Å². The van der Waals surface area contributed by atoms with Gasteiger partial charge in [0.1, 0.15) is 59.1 Å².